The predicted octanol–water partition coefficient (Wildman–Crippen LogP) is 2.52. The van der Waals surface area contributed by atoms with Crippen molar-refractivity contribution >= 4 is 34.1 Å². The molecule has 0 aliphatic rings. The Morgan fingerprint density at radius 3 is 2.75 bits per heavy atom. The van der Waals surface area contributed by atoms with Gasteiger partial charge in [0, 0.05) is 6.54 Å². The van der Waals surface area contributed by atoms with Gasteiger partial charge in [0.2, 0.25) is 11.0 Å². The van der Waals surface area contributed by atoms with E-state index in [0.717, 1.165) is 24.7 Å². The molecule has 0 aromatic carbocycles. The molecule has 0 aliphatic heterocycles. The standard InChI is InChI=1S/C10H15F3N4OS2/c1-3-4-14-8-16-17-9(20-8)19-6(2)7(18)15-5-10(11,12)13/h6H,3-5H2,1-2H3,(H,14,16)(H,15,18). The molecule has 0 radical (unpaired) electrons. The van der Waals surface area contributed by atoms with Crippen LogP contribution >= 0.6 is 23.1 Å². The summed E-state index contributed by atoms with van der Waals surface area (Å²) in [5, 5.41) is 12.6. The highest BCUT2D eigenvalue weighted by molar-refractivity contribution is 8.02. The molecule has 1 amide bonds. The van der Waals surface area contributed by atoms with Gasteiger partial charge in [-0.15, -0.1) is 10.2 Å². The van der Waals surface area contributed by atoms with E-state index in [9.17, 15) is 18.0 Å². The normalized spacial score (nSPS) is 13.1. The number of carbonyl (C=O) groups is 1. The van der Waals surface area contributed by atoms with E-state index in [1.165, 1.54) is 18.3 Å². The van der Waals surface area contributed by atoms with Crippen molar-refractivity contribution in [2.24, 2.45) is 0 Å². The Kier molecular flexibility index (Phi) is 6.53. The fraction of sp³-hybridized carbons (Fsp3) is 0.700. The average Bonchev–Trinajstić information content (AvgIpc) is 2.80. The predicted molar refractivity (Wildman–Crippen MR) is 73.1 cm³/mol. The van der Waals surface area contributed by atoms with Crippen LogP contribution in [-0.2, 0) is 4.79 Å². The van der Waals surface area contributed by atoms with Crippen LogP contribution in [-0.4, -0.2) is 40.6 Å². The van der Waals surface area contributed by atoms with Gasteiger partial charge < -0.3 is 10.6 Å². The Bertz CT molecular complexity index is 438. The lowest BCUT2D eigenvalue weighted by molar-refractivity contribution is -0.137. The monoisotopic (exact) mass is 328 g/mol. The van der Waals surface area contributed by atoms with Crippen LogP contribution in [0.15, 0.2) is 4.34 Å². The number of thioether (sulfide) groups is 1. The number of hydrogen-bond acceptors (Lipinski definition) is 6. The van der Waals surface area contributed by atoms with E-state index >= 15 is 0 Å². The molecule has 5 nitrogen and oxygen atoms in total. The molecule has 114 valence electrons. The zero-order chi connectivity index (χ0) is 15.2. The molecule has 0 spiro atoms. The summed E-state index contributed by atoms with van der Waals surface area (Å²) in [5.41, 5.74) is 0. The van der Waals surface area contributed by atoms with Crippen LogP contribution in [0.25, 0.3) is 0 Å². The van der Waals surface area contributed by atoms with Crippen LogP contribution < -0.4 is 10.6 Å². The van der Waals surface area contributed by atoms with Crippen LogP contribution in [0.3, 0.4) is 0 Å². The van der Waals surface area contributed by atoms with Crippen LogP contribution in [0.1, 0.15) is 20.3 Å². The molecule has 1 unspecified atom stereocenters. The fourth-order valence-corrected chi connectivity index (χ4v) is 3.04. The van der Waals surface area contributed by atoms with Crippen molar-refractivity contribution in [1.29, 1.82) is 0 Å². The first kappa shape index (κ1) is 17.0. The second-order valence-electron chi connectivity index (χ2n) is 3.89. The molecule has 1 rings (SSSR count). The number of hydrogen-bond donors (Lipinski definition) is 2. The molecular formula is C10H15F3N4OS2. The van der Waals surface area contributed by atoms with Gasteiger partial charge in [-0.25, -0.2) is 0 Å². The van der Waals surface area contributed by atoms with E-state index in [-0.39, 0.29) is 0 Å². The summed E-state index contributed by atoms with van der Waals surface area (Å²) in [6.45, 7) is 2.98. The Hall–Kier alpha value is -1.03. The maximum Gasteiger partial charge on any atom is 0.405 e. The van der Waals surface area contributed by atoms with Gasteiger partial charge in [0.25, 0.3) is 0 Å². The van der Waals surface area contributed by atoms with Crippen molar-refractivity contribution in [2.75, 3.05) is 18.4 Å². The third-order valence-electron chi connectivity index (χ3n) is 2.04. The average molecular weight is 328 g/mol. The maximum atomic E-state index is 12.0. The third kappa shape index (κ3) is 6.42. The molecule has 1 aromatic rings. The third-order valence-corrected chi connectivity index (χ3v) is 4.11. The number of aromatic nitrogens is 2. The molecule has 1 atom stereocenters. The van der Waals surface area contributed by atoms with Gasteiger partial charge in [-0.05, 0) is 13.3 Å². The summed E-state index contributed by atoms with van der Waals surface area (Å²) < 4.78 is 36.5. The van der Waals surface area contributed by atoms with E-state index in [2.05, 4.69) is 15.5 Å². The van der Waals surface area contributed by atoms with Crippen molar-refractivity contribution < 1.29 is 18.0 Å². The van der Waals surface area contributed by atoms with Crippen LogP contribution in [0.5, 0.6) is 0 Å². The van der Waals surface area contributed by atoms with Crippen molar-refractivity contribution in [1.82, 2.24) is 15.5 Å². The summed E-state index contributed by atoms with van der Waals surface area (Å²) in [6.07, 6.45) is -3.46. The highest BCUT2D eigenvalue weighted by atomic mass is 32.2. The maximum absolute atomic E-state index is 12.0. The smallest absolute Gasteiger partial charge is 0.360 e. The molecule has 2 N–H and O–H groups in total. The van der Waals surface area contributed by atoms with Gasteiger partial charge in [-0.3, -0.25) is 4.79 Å². The Labute approximate surface area is 122 Å². The topological polar surface area (TPSA) is 66.9 Å². The van der Waals surface area contributed by atoms with Crippen LogP contribution in [0.2, 0.25) is 0 Å². The number of nitrogens with one attached hydrogen (secondary N) is 2. The zero-order valence-corrected chi connectivity index (χ0v) is 12.6. The SMILES string of the molecule is CCCNc1nnc(SC(C)C(=O)NCC(F)(F)F)s1. The second kappa shape index (κ2) is 7.67. The number of halogens is 3. The van der Waals surface area contributed by atoms with Gasteiger partial charge in [0.1, 0.15) is 6.54 Å². The van der Waals surface area contributed by atoms with Crippen molar-refractivity contribution in [2.45, 2.75) is 36.0 Å². The minimum atomic E-state index is -4.40. The summed E-state index contributed by atoms with van der Waals surface area (Å²) in [6, 6.07) is 0. The highest BCUT2D eigenvalue weighted by Gasteiger charge is 2.29. The fourth-order valence-electron chi connectivity index (χ4n) is 1.10. The van der Waals surface area contributed by atoms with E-state index in [0.29, 0.717) is 9.47 Å². The van der Waals surface area contributed by atoms with Gasteiger partial charge in [0.15, 0.2) is 4.34 Å². The Morgan fingerprint density at radius 1 is 1.45 bits per heavy atom. The number of carbonyl (C=O) groups excluding carboxylic acids is 1. The van der Waals surface area contributed by atoms with Gasteiger partial charge in [0.05, 0.1) is 5.25 Å². The number of amides is 1. The molecular weight excluding hydrogens is 313 g/mol. The molecule has 0 fully saturated rings. The molecule has 1 heterocycles. The molecule has 0 aliphatic carbocycles. The van der Waals surface area contributed by atoms with Gasteiger partial charge in [-0.2, -0.15) is 13.2 Å². The Balaban J connectivity index is 2.42. The number of rotatable bonds is 7. The Morgan fingerprint density at radius 2 is 2.15 bits per heavy atom. The largest absolute Gasteiger partial charge is 0.405 e. The molecule has 0 saturated heterocycles. The molecule has 10 heteroatoms. The molecule has 20 heavy (non-hydrogen) atoms. The van der Waals surface area contributed by atoms with Gasteiger partial charge in [-0.1, -0.05) is 30.0 Å². The minimum Gasteiger partial charge on any atom is -0.360 e. The van der Waals surface area contributed by atoms with E-state index in [1.54, 1.807) is 0 Å². The second-order valence-corrected chi connectivity index (χ2v) is 6.46. The zero-order valence-electron chi connectivity index (χ0n) is 11.0. The van der Waals surface area contributed by atoms with Gasteiger partial charge >= 0.3 is 6.18 Å². The minimum absolute atomic E-state index is 0.540. The number of alkyl halides is 3. The van der Waals surface area contributed by atoms with Crippen LogP contribution in [0, 0.1) is 0 Å². The summed E-state index contributed by atoms with van der Waals surface area (Å²) in [4.78, 5) is 11.5. The first-order chi connectivity index (χ1) is 9.31. The summed E-state index contributed by atoms with van der Waals surface area (Å²) in [7, 11) is 0. The first-order valence-electron chi connectivity index (χ1n) is 5.90. The van der Waals surface area contributed by atoms with Crippen LogP contribution in [0.4, 0.5) is 18.3 Å². The lowest BCUT2D eigenvalue weighted by Crippen LogP contribution is -2.37. The number of nitrogens with zero attached hydrogens (tertiary/aromatic N) is 2. The first-order valence-corrected chi connectivity index (χ1v) is 7.60. The molecule has 1 aromatic heterocycles. The summed E-state index contributed by atoms with van der Waals surface area (Å²) in [5.74, 6) is -0.675. The van der Waals surface area contributed by atoms with E-state index in [1.807, 2.05) is 12.2 Å². The summed E-state index contributed by atoms with van der Waals surface area (Å²) >= 11 is 2.35. The quantitative estimate of drug-likeness (QED) is 0.753. The van der Waals surface area contributed by atoms with Crippen molar-refractivity contribution in [3.05, 3.63) is 0 Å². The lowest BCUT2D eigenvalue weighted by atomic mass is 10.4. The number of anilines is 1. The van der Waals surface area contributed by atoms with Crippen molar-refractivity contribution in [3.63, 3.8) is 0 Å². The van der Waals surface area contributed by atoms with Crippen molar-refractivity contribution in [3.8, 4) is 0 Å². The lowest BCUT2D eigenvalue weighted by Gasteiger charge is -2.11. The van der Waals surface area contributed by atoms with E-state index in [4.69, 9.17) is 0 Å². The van der Waals surface area contributed by atoms with E-state index < -0.39 is 23.9 Å². The molecule has 0 saturated carbocycles. The highest BCUT2D eigenvalue weighted by Crippen LogP contribution is 2.29. The molecule has 0 bridgehead atoms.